The van der Waals surface area contributed by atoms with E-state index in [-0.39, 0.29) is 0 Å². The fraction of sp³-hybridized carbons (Fsp3) is 0.462. The summed E-state index contributed by atoms with van der Waals surface area (Å²) in [6, 6.07) is 4.10. The van der Waals surface area contributed by atoms with Gasteiger partial charge < -0.3 is 15.5 Å². The lowest BCUT2D eigenvalue weighted by atomic mass is 9.95. The average molecular weight is 230 g/mol. The maximum Gasteiger partial charge on any atom is 0.137 e. The van der Waals surface area contributed by atoms with Gasteiger partial charge in [0.05, 0.1) is 5.69 Å². The Morgan fingerprint density at radius 1 is 1.29 bits per heavy atom. The Hall–Kier alpha value is -1.39. The minimum Gasteiger partial charge on any atom is -0.326 e. The molecule has 3 heterocycles. The van der Waals surface area contributed by atoms with E-state index in [0.29, 0.717) is 12.5 Å². The molecule has 4 nitrogen and oxygen atoms in total. The van der Waals surface area contributed by atoms with Gasteiger partial charge in [0, 0.05) is 24.9 Å². The summed E-state index contributed by atoms with van der Waals surface area (Å²) >= 11 is 0. The third-order valence-electron chi connectivity index (χ3n) is 3.52. The second kappa shape index (κ2) is 4.47. The van der Waals surface area contributed by atoms with Crippen molar-refractivity contribution < 1.29 is 0 Å². The Morgan fingerprint density at radius 2 is 2.12 bits per heavy atom. The zero-order chi connectivity index (χ0) is 11.7. The highest BCUT2D eigenvalue weighted by Crippen LogP contribution is 2.24. The maximum atomic E-state index is 5.65. The SMILES string of the molecule is NCc1ccc2nc(C3CCNCC3)cn2c1. The van der Waals surface area contributed by atoms with Crippen LogP contribution in [0.2, 0.25) is 0 Å². The van der Waals surface area contributed by atoms with E-state index in [1.54, 1.807) is 0 Å². The van der Waals surface area contributed by atoms with E-state index in [1.165, 1.54) is 18.5 Å². The lowest BCUT2D eigenvalue weighted by Gasteiger charge is -2.20. The van der Waals surface area contributed by atoms with E-state index in [4.69, 9.17) is 10.7 Å². The quantitative estimate of drug-likeness (QED) is 0.816. The second-order valence-electron chi connectivity index (χ2n) is 4.70. The first-order valence-corrected chi connectivity index (χ1v) is 6.25. The van der Waals surface area contributed by atoms with E-state index in [2.05, 4.69) is 28.2 Å². The van der Waals surface area contributed by atoms with Crippen molar-refractivity contribution in [1.29, 1.82) is 0 Å². The van der Waals surface area contributed by atoms with Gasteiger partial charge in [-0.25, -0.2) is 4.98 Å². The van der Waals surface area contributed by atoms with Gasteiger partial charge in [-0.05, 0) is 37.6 Å². The molecule has 2 aromatic heterocycles. The first-order chi connectivity index (χ1) is 8.36. The van der Waals surface area contributed by atoms with Gasteiger partial charge in [0.1, 0.15) is 5.65 Å². The molecule has 0 unspecified atom stereocenters. The number of imidazole rings is 1. The van der Waals surface area contributed by atoms with Crippen molar-refractivity contribution in [3.8, 4) is 0 Å². The number of piperidine rings is 1. The minimum atomic E-state index is 0.580. The molecule has 0 saturated carbocycles. The highest BCUT2D eigenvalue weighted by Gasteiger charge is 2.17. The number of aromatic nitrogens is 2. The van der Waals surface area contributed by atoms with Crippen molar-refractivity contribution in [3.05, 3.63) is 35.8 Å². The van der Waals surface area contributed by atoms with Crippen molar-refractivity contribution in [2.45, 2.75) is 25.3 Å². The number of hydrogen-bond acceptors (Lipinski definition) is 3. The van der Waals surface area contributed by atoms with Crippen LogP contribution in [0.3, 0.4) is 0 Å². The number of nitrogens with two attached hydrogens (primary N) is 1. The Balaban J connectivity index is 1.95. The predicted octanol–water partition coefficient (Wildman–Crippen LogP) is 1.26. The van der Waals surface area contributed by atoms with Gasteiger partial charge in [-0.15, -0.1) is 0 Å². The van der Waals surface area contributed by atoms with Gasteiger partial charge in [-0.1, -0.05) is 6.07 Å². The van der Waals surface area contributed by atoms with Crippen LogP contribution in [0, 0.1) is 0 Å². The van der Waals surface area contributed by atoms with Crippen LogP contribution in [0.5, 0.6) is 0 Å². The normalized spacial score (nSPS) is 17.7. The number of rotatable bonds is 2. The third-order valence-corrected chi connectivity index (χ3v) is 3.52. The van der Waals surface area contributed by atoms with Crippen molar-refractivity contribution in [2.24, 2.45) is 5.73 Å². The summed E-state index contributed by atoms with van der Waals surface area (Å²) in [5.41, 5.74) is 9.04. The Labute approximate surface area is 101 Å². The van der Waals surface area contributed by atoms with Crippen LogP contribution >= 0.6 is 0 Å². The molecule has 3 rings (SSSR count). The fourth-order valence-corrected chi connectivity index (χ4v) is 2.49. The standard InChI is InChI=1S/C13H18N4/c14-7-10-1-2-13-16-12(9-17(13)8-10)11-3-5-15-6-4-11/h1-2,8-9,11,15H,3-7,14H2. The number of nitrogens with one attached hydrogen (secondary N) is 1. The monoisotopic (exact) mass is 230 g/mol. The fourth-order valence-electron chi connectivity index (χ4n) is 2.49. The zero-order valence-corrected chi connectivity index (χ0v) is 9.89. The molecule has 3 N–H and O–H groups in total. The lowest BCUT2D eigenvalue weighted by molar-refractivity contribution is 0.454. The molecule has 0 aliphatic carbocycles. The van der Waals surface area contributed by atoms with Crippen LogP contribution in [-0.2, 0) is 6.54 Å². The smallest absolute Gasteiger partial charge is 0.137 e. The first kappa shape index (κ1) is 10.7. The van der Waals surface area contributed by atoms with Crippen LogP contribution in [0.15, 0.2) is 24.5 Å². The molecule has 1 saturated heterocycles. The van der Waals surface area contributed by atoms with Gasteiger partial charge in [0.15, 0.2) is 0 Å². The van der Waals surface area contributed by atoms with Crippen LogP contribution in [0.4, 0.5) is 0 Å². The summed E-state index contributed by atoms with van der Waals surface area (Å²) in [6.45, 7) is 2.79. The molecule has 2 aromatic rings. The van der Waals surface area contributed by atoms with E-state index in [1.807, 2.05) is 6.07 Å². The van der Waals surface area contributed by atoms with Crippen LogP contribution in [0.1, 0.15) is 30.0 Å². The third kappa shape index (κ3) is 2.06. The lowest BCUT2D eigenvalue weighted by Crippen LogP contribution is -2.26. The zero-order valence-electron chi connectivity index (χ0n) is 9.89. The summed E-state index contributed by atoms with van der Waals surface area (Å²) in [6.07, 6.45) is 6.61. The van der Waals surface area contributed by atoms with Crippen molar-refractivity contribution >= 4 is 5.65 Å². The molecule has 4 heteroatoms. The first-order valence-electron chi connectivity index (χ1n) is 6.25. The maximum absolute atomic E-state index is 5.65. The average Bonchev–Trinajstić information content (AvgIpc) is 2.82. The molecule has 0 aromatic carbocycles. The van der Waals surface area contributed by atoms with E-state index < -0.39 is 0 Å². The van der Waals surface area contributed by atoms with Gasteiger partial charge in [0.25, 0.3) is 0 Å². The predicted molar refractivity (Wildman–Crippen MR) is 67.9 cm³/mol. The van der Waals surface area contributed by atoms with Crippen molar-refractivity contribution in [1.82, 2.24) is 14.7 Å². The van der Waals surface area contributed by atoms with Crippen molar-refractivity contribution in [2.75, 3.05) is 13.1 Å². The number of hydrogen-bond donors (Lipinski definition) is 2. The number of fused-ring (bicyclic) bond motifs is 1. The molecule has 1 aliphatic heterocycles. The Bertz CT molecular complexity index is 511. The van der Waals surface area contributed by atoms with Gasteiger partial charge in [0.2, 0.25) is 0 Å². The van der Waals surface area contributed by atoms with Gasteiger partial charge in [-0.2, -0.15) is 0 Å². The molecule has 0 bridgehead atoms. The van der Waals surface area contributed by atoms with Crippen LogP contribution < -0.4 is 11.1 Å². The van der Waals surface area contributed by atoms with Crippen LogP contribution in [-0.4, -0.2) is 22.5 Å². The topological polar surface area (TPSA) is 55.3 Å². The second-order valence-corrected chi connectivity index (χ2v) is 4.70. The van der Waals surface area contributed by atoms with E-state index >= 15 is 0 Å². The molecule has 0 radical (unpaired) electrons. The molecule has 1 aliphatic rings. The van der Waals surface area contributed by atoms with Crippen molar-refractivity contribution in [3.63, 3.8) is 0 Å². The molecular formula is C13H18N4. The summed E-state index contributed by atoms with van der Waals surface area (Å²) in [4.78, 5) is 4.71. The summed E-state index contributed by atoms with van der Waals surface area (Å²) in [5.74, 6) is 0.609. The largest absolute Gasteiger partial charge is 0.326 e. The molecule has 90 valence electrons. The van der Waals surface area contributed by atoms with E-state index in [9.17, 15) is 0 Å². The molecule has 0 amide bonds. The highest BCUT2D eigenvalue weighted by molar-refractivity contribution is 5.42. The van der Waals surface area contributed by atoms with Gasteiger partial charge in [-0.3, -0.25) is 0 Å². The molecule has 17 heavy (non-hydrogen) atoms. The summed E-state index contributed by atoms with van der Waals surface area (Å²) in [5, 5.41) is 3.39. The van der Waals surface area contributed by atoms with Crippen LogP contribution in [0.25, 0.3) is 5.65 Å². The summed E-state index contributed by atoms with van der Waals surface area (Å²) < 4.78 is 2.10. The number of pyridine rings is 1. The highest BCUT2D eigenvalue weighted by atomic mass is 15.0. The number of nitrogens with zero attached hydrogens (tertiary/aromatic N) is 2. The Kier molecular flexibility index (Phi) is 2.82. The molecular weight excluding hydrogens is 212 g/mol. The summed E-state index contributed by atoms with van der Waals surface area (Å²) in [7, 11) is 0. The van der Waals surface area contributed by atoms with E-state index in [0.717, 1.165) is 24.3 Å². The molecule has 0 spiro atoms. The molecule has 0 atom stereocenters. The Morgan fingerprint density at radius 3 is 2.88 bits per heavy atom. The minimum absolute atomic E-state index is 0.580. The van der Waals surface area contributed by atoms with Gasteiger partial charge >= 0.3 is 0 Å². The molecule has 1 fully saturated rings.